The molecule has 0 aliphatic carbocycles. The lowest BCUT2D eigenvalue weighted by atomic mass is 10.1. The second-order valence-electron chi connectivity index (χ2n) is 5.50. The molecular weight excluding hydrogens is 320 g/mol. The smallest absolute Gasteiger partial charge is 0.257 e. The van der Waals surface area contributed by atoms with Gasteiger partial charge in [0.05, 0.1) is 0 Å². The van der Waals surface area contributed by atoms with Crippen LogP contribution in [0.4, 0.5) is 5.69 Å². The highest BCUT2D eigenvalue weighted by Crippen LogP contribution is 2.18. The van der Waals surface area contributed by atoms with Crippen LogP contribution in [0, 0.1) is 6.92 Å². The Hall–Kier alpha value is -2.66. The molecule has 0 saturated carbocycles. The van der Waals surface area contributed by atoms with E-state index in [1.807, 2.05) is 56.3 Å². The Bertz CT molecular complexity index is 771. The van der Waals surface area contributed by atoms with Crippen LogP contribution in [-0.2, 0) is 0 Å². The van der Waals surface area contributed by atoms with Crippen molar-refractivity contribution in [2.24, 2.45) is 0 Å². The molecule has 0 heterocycles. The lowest BCUT2D eigenvalue weighted by molar-refractivity contribution is 0.0977. The molecule has 5 heteroatoms. The molecular formula is C19H20N2O2S. The van der Waals surface area contributed by atoms with Gasteiger partial charge in [-0.05, 0) is 55.4 Å². The minimum Gasteiger partial charge on any atom is -0.489 e. The number of benzene rings is 2. The van der Waals surface area contributed by atoms with Gasteiger partial charge in [0.25, 0.3) is 5.91 Å². The molecule has 2 aromatic carbocycles. The van der Waals surface area contributed by atoms with Gasteiger partial charge in [-0.25, -0.2) is 0 Å². The summed E-state index contributed by atoms with van der Waals surface area (Å²) in [5.41, 5.74) is 3.17. The molecule has 0 bridgehead atoms. The number of ether oxygens (including phenoxy) is 1. The highest BCUT2D eigenvalue weighted by Gasteiger charge is 2.10. The van der Waals surface area contributed by atoms with Gasteiger partial charge in [-0.2, -0.15) is 0 Å². The lowest BCUT2D eigenvalue weighted by Crippen LogP contribution is -2.34. The summed E-state index contributed by atoms with van der Waals surface area (Å²) >= 11 is 5.21. The van der Waals surface area contributed by atoms with Crippen molar-refractivity contribution in [3.05, 3.63) is 71.8 Å². The number of hydrogen-bond donors (Lipinski definition) is 2. The van der Waals surface area contributed by atoms with Crippen molar-refractivity contribution in [1.29, 1.82) is 0 Å². The Kier molecular flexibility index (Phi) is 6.09. The third-order valence-electron chi connectivity index (χ3n) is 3.19. The fraction of sp³-hybridized carbons (Fsp3) is 0.158. The second kappa shape index (κ2) is 8.26. The van der Waals surface area contributed by atoms with E-state index in [1.54, 1.807) is 6.07 Å². The number of aryl methyl sites for hydroxylation is 1. The fourth-order valence-corrected chi connectivity index (χ4v) is 2.24. The third-order valence-corrected chi connectivity index (χ3v) is 3.40. The predicted molar refractivity (Wildman–Crippen MR) is 102 cm³/mol. The van der Waals surface area contributed by atoms with E-state index in [0.29, 0.717) is 17.9 Å². The Balaban J connectivity index is 1.97. The minimum atomic E-state index is -0.236. The minimum absolute atomic E-state index is 0.236. The van der Waals surface area contributed by atoms with Gasteiger partial charge >= 0.3 is 0 Å². The summed E-state index contributed by atoms with van der Waals surface area (Å²) in [4.78, 5) is 12.2. The summed E-state index contributed by atoms with van der Waals surface area (Å²) < 4.78 is 5.59. The van der Waals surface area contributed by atoms with Crippen molar-refractivity contribution >= 4 is 28.9 Å². The van der Waals surface area contributed by atoms with Gasteiger partial charge in [0.1, 0.15) is 12.4 Å². The predicted octanol–water partition coefficient (Wildman–Crippen LogP) is 4.08. The zero-order valence-electron chi connectivity index (χ0n) is 13.8. The molecule has 4 nitrogen and oxygen atoms in total. The monoisotopic (exact) mass is 340 g/mol. The Labute approximate surface area is 147 Å². The van der Waals surface area contributed by atoms with Crippen molar-refractivity contribution in [1.82, 2.24) is 5.32 Å². The normalized spacial score (nSPS) is 9.92. The molecule has 0 aliphatic rings. The largest absolute Gasteiger partial charge is 0.489 e. The molecule has 2 N–H and O–H groups in total. The maximum atomic E-state index is 12.2. The molecule has 24 heavy (non-hydrogen) atoms. The average Bonchev–Trinajstić information content (AvgIpc) is 2.53. The summed E-state index contributed by atoms with van der Waals surface area (Å²) in [5.74, 6) is 0.469. The molecule has 0 aliphatic heterocycles. The molecule has 0 radical (unpaired) electrons. The average molecular weight is 340 g/mol. The van der Waals surface area contributed by atoms with Crippen LogP contribution in [0.2, 0.25) is 0 Å². The van der Waals surface area contributed by atoms with E-state index < -0.39 is 0 Å². The summed E-state index contributed by atoms with van der Waals surface area (Å²) in [6.45, 7) is 8.04. The van der Waals surface area contributed by atoms with E-state index in [0.717, 1.165) is 16.8 Å². The van der Waals surface area contributed by atoms with Gasteiger partial charge in [0.15, 0.2) is 5.11 Å². The first-order valence-electron chi connectivity index (χ1n) is 7.51. The third kappa shape index (κ3) is 5.21. The van der Waals surface area contributed by atoms with Crippen molar-refractivity contribution < 1.29 is 9.53 Å². The van der Waals surface area contributed by atoms with Gasteiger partial charge in [0.2, 0.25) is 0 Å². The quantitative estimate of drug-likeness (QED) is 0.636. The summed E-state index contributed by atoms with van der Waals surface area (Å²) in [6.07, 6.45) is 0. The first kappa shape index (κ1) is 17.7. The van der Waals surface area contributed by atoms with Crippen LogP contribution in [0.3, 0.4) is 0 Å². The summed E-state index contributed by atoms with van der Waals surface area (Å²) in [7, 11) is 0. The number of carbonyl (C=O) groups excluding carboxylic acids is 1. The first-order chi connectivity index (χ1) is 11.5. The van der Waals surface area contributed by atoms with Gasteiger partial charge in [-0.15, -0.1) is 0 Å². The van der Waals surface area contributed by atoms with Gasteiger partial charge in [-0.3, -0.25) is 10.1 Å². The zero-order valence-corrected chi connectivity index (χ0v) is 14.6. The standard InChI is InChI=1S/C19H20N2O2S/c1-13(2)12-23-16-9-6-8-15(11-16)20-19(24)21-18(22)17-10-5-4-7-14(17)3/h4-11H,1,12H2,2-3H3,(H2,20,21,22,24). The van der Waals surface area contributed by atoms with E-state index in [4.69, 9.17) is 17.0 Å². The van der Waals surface area contributed by atoms with Crippen molar-refractivity contribution in [2.45, 2.75) is 13.8 Å². The Morgan fingerprint density at radius 1 is 1.21 bits per heavy atom. The molecule has 0 saturated heterocycles. The maximum Gasteiger partial charge on any atom is 0.257 e. The van der Waals surface area contributed by atoms with E-state index in [1.165, 1.54) is 0 Å². The summed E-state index contributed by atoms with van der Waals surface area (Å²) in [6, 6.07) is 14.7. The molecule has 124 valence electrons. The van der Waals surface area contributed by atoms with Gasteiger partial charge in [0, 0.05) is 17.3 Å². The number of anilines is 1. The number of hydrogen-bond acceptors (Lipinski definition) is 3. The van der Waals surface area contributed by atoms with E-state index in [9.17, 15) is 4.79 Å². The van der Waals surface area contributed by atoms with Crippen LogP contribution in [0.25, 0.3) is 0 Å². The van der Waals surface area contributed by atoms with Crippen LogP contribution in [0.1, 0.15) is 22.8 Å². The molecule has 2 aromatic rings. The fourth-order valence-electron chi connectivity index (χ4n) is 2.03. The molecule has 0 unspecified atom stereocenters. The van der Waals surface area contributed by atoms with Crippen LogP contribution in [0.15, 0.2) is 60.7 Å². The Morgan fingerprint density at radius 3 is 2.67 bits per heavy atom. The van der Waals surface area contributed by atoms with Crippen LogP contribution in [0.5, 0.6) is 5.75 Å². The van der Waals surface area contributed by atoms with E-state index in [2.05, 4.69) is 17.2 Å². The van der Waals surface area contributed by atoms with Crippen LogP contribution >= 0.6 is 12.2 Å². The van der Waals surface area contributed by atoms with Crippen LogP contribution < -0.4 is 15.4 Å². The van der Waals surface area contributed by atoms with Crippen LogP contribution in [-0.4, -0.2) is 17.6 Å². The molecule has 0 spiro atoms. The number of rotatable bonds is 5. The lowest BCUT2D eigenvalue weighted by Gasteiger charge is -2.12. The molecule has 2 rings (SSSR count). The number of thiocarbonyl (C=S) groups is 1. The van der Waals surface area contributed by atoms with E-state index in [-0.39, 0.29) is 11.0 Å². The van der Waals surface area contributed by atoms with Crippen molar-refractivity contribution in [2.75, 3.05) is 11.9 Å². The summed E-state index contributed by atoms with van der Waals surface area (Å²) in [5, 5.41) is 5.91. The first-order valence-corrected chi connectivity index (χ1v) is 7.92. The highest BCUT2D eigenvalue weighted by molar-refractivity contribution is 7.80. The van der Waals surface area contributed by atoms with E-state index >= 15 is 0 Å². The maximum absolute atomic E-state index is 12.2. The topological polar surface area (TPSA) is 50.4 Å². The van der Waals surface area contributed by atoms with Crippen molar-refractivity contribution in [3.63, 3.8) is 0 Å². The molecule has 1 amide bonds. The molecule has 0 aromatic heterocycles. The number of nitrogens with one attached hydrogen (secondary N) is 2. The number of carbonyl (C=O) groups is 1. The molecule has 0 atom stereocenters. The molecule has 0 fully saturated rings. The highest BCUT2D eigenvalue weighted by atomic mass is 32.1. The van der Waals surface area contributed by atoms with Gasteiger partial charge in [-0.1, -0.05) is 30.8 Å². The number of amides is 1. The van der Waals surface area contributed by atoms with Gasteiger partial charge < -0.3 is 10.1 Å². The second-order valence-corrected chi connectivity index (χ2v) is 5.91. The zero-order chi connectivity index (χ0) is 17.5. The Morgan fingerprint density at radius 2 is 1.96 bits per heavy atom. The SMILES string of the molecule is C=C(C)COc1cccc(NC(=S)NC(=O)c2ccccc2C)c1. The van der Waals surface area contributed by atoms with Crippen molar-refractivity contribution in [3.8, 4) is 5.75 Å².